The van der Waals surface area contributed by atoms with Crippen LogP contribution in [0.1, 0.15) is 25.0 Å². The van der Waals surface area contributed by atoms with Gasteiger partial charge in [-0.3, -0.25) is 10.4 Å². The number of aromatic nitrogens is 2. The number of nitrogens with zero attached hydrogens (tertiary/aromatic N) is 2. The molecule has 0 unspecified atom stereocenters. The van der Waals surface area contributed by atoms with Gasteiger partial charge in [-0.2, -0.15) is 0 Å². The first-order valence-electron chi connectivity index (χ1n) is 10.4. The Balaban J connectivity index is 1.94. The van der Waals surface area contributed by atoms with Crippen LogP contribution in [0.3, 0.4) is 0 Å². The summed E-state index contributed by atoms with van der Waals surface area (Å²) in [5.74, 6) is 1.31. The lowest BCUT2D eigenvalue weighted by Crippen LogP contribution is -2.12. The maximum absolute atomic E-state index is 8.68. The van der Waals surface area contributed by atoms with Gasteiger partial charge in [0.2, 0.25) is 0 Å². The molecule has 7 N–H and O–H groups in total. The second-order valence-electron chi connectivity index (χ2n) is 7.59. The highest BCUT2D eigenvalue weighted by Crippen LogP contribution is 2.23. The molecule has 0 bridgehead atoms. The maximum atomic E-state index is 8.68. The summed E-state index contributed by atoms with van der Waals surface area (Å²) < 4.78 is 0. The summed E-state index contributed by atoms with van der Waals surface area (Å²) in [6.07, 6.45) is 6.92. The molecule has 0 fully saturated rings. The molecule has 1 aromatic carbocycles. The molecule has 3 aromatic rings. The third kappa shape index (κ3) is 5.31. The zero-order valence-electron chi connectivity index (χ0n) is 18.6. The Morgan fingerprint density at radius 3 is 2.47 bits per heavy atom. The molecule has 0 aliphatic heterocycles. The first-order valence-corrected chi connectivity index (χ1v) is 10.4. The van der Waals surface area contributed by atoms with Gasteiger partial charge in [0.1, 0.15) is 11.6 Å². The molecule has 32 heavy (non-hydrogen) atoms. The number of rotatable bonds is 8. The third-order valence-corrected chi connectivity index (χ3v) is 4.92. The number of anilines is 1. The van der Waals surface area contributed by atoms with Crippen LogP contribution < -0.4 is 22.1 Å². The lowest BCUT2D eigenvalue weighted by molar-refractivity contribution is 0.786. The van der Waals surface area contributed by atoms with Gasteiger partial charge in [0.25, 0.3) is 0 Å². The summed E-state index contributed by atoms with van der Waals surface area (Å²) in [4.78, 5) is 9.20. The highest BCUT2D eigenvalue weighted by Gasteiger charge is 2.12. The van der Waals surface area contributed by atoms with E-state index in [2.05, 4.69) is 20.6 Å². The van der Waals surface area contributed by atoms with Crippen molar-refractivity contribution in [1.82, 2.24) is 15.3 Å². The molecular formula is C25H29N7. The summed E-state index contributed by atoms with van der Waals surface area (Å²) in [5, 5.41) is 14.8. The highest BCUT2D eigenvalue weighted by molar-refractivity contribution is 6.30. The van der Waals surface area contributed by atoms with Gasteiger partial charge in [-0.05, 0) is 42.0 Å². The third-order valence-electron chi connectivity index (χ3n) is 4.92. The summed E-state index contributed by atoms with van der Waals surface area (Å²) in [6, 6.07) is 15.2. The van der Waals surface area contributed by atoms with Crippen molar-refractivity contribution in [3.05, 3.63) is 95.7 Å². The Morgan fingerprint density at radius 1 is 1.06 bits per heavy atom. The molecule has 2 aromatic heterocycles. The average Bonchev–Trinajstić information content (AvgIpc) is 2.80. The number of hydrogen-bond acceptors (Lipinski definition) is 7. The Hall–Kier alpha value is -4.13. The number of nitrogens with two attached hydrogens (primary N) is 2. The maximum Gasteiger partial charge on any atom is 0.132 e. The van der Waals surface area contributed by atoms with Crippen LogP contribution in [0.15, 0.2) is 84.6 Å². The van der Waals surface area contributed by atoms with E-state index in [1.807, 2.05) is 69.4 Å². The number of allylic oxidation sites excluding steroid dienone is 3. The van der Waals surface area contributed by atoms with Crippen LogP contribution in [0.2, 0.25) is 0 Å². The van der Waals surface area contributed by atoms with Crippen molar-refractivity contribution >= 4 is 28.1 Å². The molecule has 2 heterocycles. The Morgan fingerprint density at radius 2 is 1.81 bits per heavy atom. The number of fused-ring (bicyclic) bond motifs is 1. The van der Waals surface area contributed by atoms with Gasteiger partial charge in [-0.1, -0.05) is 44.2 Å². The number of pyridine rings is 2. The molecule has 7 heteroatoms. The SMILES string of the molecule is CN/C=C(\C(=N)c1ccccc1)c1cnc2ccc(N/C(N)=C/C(=C\N)C(C)C)nc2c1. The van der Waals surface area contributed by atoms with Crippen molar-refractivity contribution in [2.45, 2.75) is 13.8 Å². The Kier molecular flexibility index (Phi) is 7.23. The molecule has 0 spiro atoms. The van der Waals surface area contributed by atoms with Crippen molar-refractivity contribution < 1.29 is 0 Å². The molecule has 0 atom stereocenters. The van der Waals surface area contributed by atoms with Crippen molar-refractivity contribution in [3.63, 3.8) is 0 Å². The molecule has 0 saturated heterocycles. The number of hydrogen-bond donors (Lipinski definition) is 5. The topological polar surface area (TPSA) is 126 Å². The van der Waals surface area contributed by atoms with Crippen molar-refractivity contribution in [2.75, 3.05) is 12.4 Å². The molecule has 0 amide bonds. The zero-order chi connectivity index (χ0) is 23.1. The summed E-state index contributed by atoms with van der Waals surface area (Å²) in [6.45, 7) is 4.10. The fourth-order valence-corrected chi connectivity index (χ4v) is 3.20. The first kappa shape index (κ1) is 22.6. The smallest absolute Gasteiger partial charge is 0.132 e. The molecule has 7 nitrogen and oxygen atoms in total. The minimum Gasteiger partial charge on any atom is -0.404 e. The van der Waals surface area contributed by atoms with Gasteiger partial charge in [0.05, 0.1) is 16.7 Å². The lowest BCUT2D eigenvalue weighted by Gasteiger charge is -2.12. The van der Waals surface area contributed by atoms with Crippen molar-refractivity contribution in [1.29, 1.82) is 5.41 Å². The molecular weight excluding hydrogens is 398 g/mol. The summed E-state index contributed by atoms with van der Waals surface area (Å²) in [7, 11) is 1.81. The summed E-state index contributed by atoms with van der Waals surface area (Å²) >= 11 is 0. The quantitative estimate of drug-likeness (QED) is 0.274. The molecule has 0 aliphatic carbocycles. The largest absolute Gasteiger partial charge is 0.404 e. The lowest BCUT2D eigenvalue weighted by atomic mass is 9.97. The van der Waals surface area contributed by atoms with Gasteiger partial charge < -0.3 is 22.1 Å². The van der Waals surface area contributed by atoms with Gasteiger partial charge in [0.15, 0.2) is 0 Å². The van der Waals surface area contributed by atoms with Gasteiger partial charge in [0, 0.05) is 36.1 Å². The van der Waals surface area contributed by atoms with Crippen LogP contribution in [0, 0.1) is 11.3 Å². The molecule has 0 saturated carbocycles. The van der Waals surface area contributed by atoms with Gasteiger partial charge in [-0.25, -0.2) is 4.98 Å². The predicted octanol–water partition coefficient (Wildman–Crippen LogP) is 3.97. The van der Waals surface area contributed by atoms with Crippen molar-refractivity contribution in [3.8, 4) is 0 Å². The normalized spacial score (nSPS) is 12.8. The zero-order valence-corrected chi connectivity index (χ0v) is 18.6. The fourth-order valence-electron chi connectivity index (χ4n) is 3.20. The Labute approximate surface area is 188 Å². The van der Waals surface area contributed by atoms with E-state index >= 15 is 0 Å². The summed E-state index contributed by atoms with van der Waals surface area (Å²) in [5.41, 5.74) is 16.9. The van der Waals surface area contributed by atoms with E-state index in [9.17, 15) is 0 Å². The molecule has 164 valence electrons. The van der Waals surface area contributed by atoms with E-state index in [-0.39, 0.29) is 5.92 Å². The van der Waals surface area contributed by atoms with Gasteiger partial charge in [-0.15, -0.1) is 0 Å². The monoisotopic (exact) mass is 427 g/mol. The predicted molar refractivity (Wildman–Crippen MR) is 133 cm³/mol. The second kappa shape index (κ2) is 10.3. The molecule has 0 radical (unpaired) electrons. The van der Waals surface area contributed by atoms with Crippen LogP contribution in [0.4, 0.5) is 5.82 Å². The van der Waals surface area contributed by atoms with E-state index in [4.69, 9.17) is 16.9 Å². The highest BCUT2D eigenvalue weighted by atomic mass is 15.1. The van der Waals surface area contributed by atoms with E-state index in [0.717, 1.165) is 27.8 Å². The van der Waals surface area contributed by atoms with Crippen LogP contribution in [-0.4, -0.2) is 22.7 Å². The molecule has 3 rings (SSSR count). The van der Waals surface area contributed by atoms with Crippen LogP contribution in [0.5, 0.6) is 0 Å². The van der Waals surface area contributed by atoms with Crippen molar-refractivity contribution in [2.24, 2.45) is 17.4 Å². The standard InChI is InChI=1S/C25H29N7/c1-16(2)18(13-26)12-23(27)32-24-10-9-21-22(31-24)11-19(14-30-21)20(15-29-3)25(28)17-7-5-4-6-8-17/h4-16,28-29H,26-27H2,1-3H3,(H,31,32)/b18-13+,20-15-,23-12+,28-25?. The fraction of sp³-hybridized carbons (Fsp3) is 0.160. The number of nitrogens with one attached hydrogen (secondary N) is 3. The average molecular weight is 428 g/mol. The van der Waals surface area contributed by atoms with Gasteiger partial charge >= 0.3 is 0 Å². The Bertz CT molecular complexity index is 1190. The second-order valence-corrected chi connectivity index (χ2v) is 7.59. The van der Waals surface area contributed by atoms with E-state index in [1.165, 1.54) is 0 Å². The first-order chi connectivity index (χ1) is 15.4. The van der Waals surface area contributed by atoms with Crippen LogP contribution in [-0.2, 0) is 0 Å². The van der Waals surface area contributed by atoms with E-state index < -0.39 is 0 Å². The number of benzene rings is 1. The van der Waals surface area contributed by atoms with E-state index in [0.29, 0.717) is 22.9 Å². The van der Waals surface area contributed by atoms with Crippen LogP contribution in [0.25, 0.3) is 16.6 Å². The minimum atomic E-state index is 0.258. The van der Waals surface area contributed by atoms with Crippen LogP contribution >= 0.6 is 0 Å². The molecule has 0 aliphatic rings. The minimum absolute atomic E-state index is 0.258. The van der Waals surface area contributed by atoms with E-state index in [1.54, 1.807) is 24.7 Å².